The molecule has 0 unspecified atom stereocenters. The zero-order chi connectivity index (χ0) is 20.5. The van der Waals surface area contributed by atoms with E-state index in [2.05, 4.69) is 39.8 Å². The first-order valence-corrected chi connectivity index (χ1v) is 10.1. The number of carbonyl (C=O) groups is 2. The summed E-state index contributed by atoms with van der Waals surface area (Å²) in [5.41, 5.74) is 2.31. The molecule has 2 aromatic heterocycles. The Bertz CT molecular complexity index is 1110. The van der Waals surface area contributed by atoms with Gasteiger partial charge in [-0.05, 0) is 44.5 Å². The van der Waals surface area contributed by atoms with Gasteiger partial charge in [-0.15, -0.1) is 11.3 Å². The predicted molar refractivity (Wildman–Crippen MR) is 114 cm³/mol. The number of nitrogens with one attached hydrogen (secondary N) is 3. The number of amides is 2. The lowest BCUT2D eigenvalue weighted by molar-refractivity contribution is -0.122. The molecule has 3 N–H and O–H groups in total. The van der Waals surface area contributed by atoms with Crippen LogP contribution in [0.5, 0.6) is 5.75 Å². The molecule has 4 rings (SSSR count). The van der Waals surface area contributed by atoms with Gasteiger partial charge in [-0.1, -0.05) is 0 Å². The fraction of sp³-hybridized carbons (Fsp3) is 0.300. The number of ether oxygens (including phenoxy) is 1. The Kier molecular flexibility index (Phi) is 5.06. The number of hydrogen-bond acceptors (Lipinski definition) is 7. The van der Waals surface area contributed by atoms with Gasteiger partial charge in [0.2, 0.25) is 5.91 Å². The molecule has 0 saturated heterocycles. The summed E-state index contributed by atoms with van der Waals surface area (Å²) < 4.78 is 5.52. The van der Waals surface area contributed by atoms with E-state index in [4.69, 9.17) is 4.74 Å². The highest BCUT2D eigenvalue weighted by Crippen LogP contribution is 2.33. The molecule has 0 bridgehead atoms. The van der Waals surface area contributed by atoms with Crippen LogP contribution in [0.1, 0.15) is 23.8 Å². The molecule has 150 valence electrons. The van der Waals surface area contributed by atoms with Gasteiger partial charge in [-0.2, -0.15) is 0 Å². The highest BCUT2D eigenvalue weighted by atomic mass is 32.1. The van der Waals surface area contributed by atoms with Gasteiger partial charge in [0.15, 0.2) is 6.10 Å². The van der Waals surface area contributed by atoms with Gasteiger partial charge in [0.1, 0.15) is 22.7 Å². The van der Waals surface area contributed by atoms with E-state index in [0.29, 0.717) is 23.7 Å². The van der Waals surface area contributed by atoms with Gasteiger partial charge < -0.3 is 20.7 Å². The Balaban J connectivity index is 1.37. The van der Waals surface area contributed by atoms with E-state index in [1.54, 1.807) is 36.5 Å². The smallest absolute Gasteiger partial charge is 0.265 e. The number of carbonyl (C=O) groups excluding carboxylic acids is 2. The van der Waals surface area contributed by atoms with Crippen molar-refractivity contribution in [3.63, 3.8) is 0 Å². The maximum absolute atomic E-state index is 12.3. The van der Waals surface area contributed by atoms with E-state index in [9.17, 15) is 9.59 Å². The Labute approximate surface area is 171 Å². The minimum atomic E-state index is -0.530. The van der Waals surface area contributed by atoms with Crippen LogP contribution in [0.2, 0.25) is 0 Å². The van der Waals surface area contributed by atoms with E-state index in [1.807, 2.05) is 0 Å². The van der Waals surface area contributed by atoms with Crippen LogP contribution in [0.15, 0.2) is 24.5 Å². The van der Waals surface area contributed by atoms with Crippen LogP contribution in [0.25, 0.3) is 10.2 Å². The molecule has 8 nitrogen and oxygen atoms in total. The first kappa shape index (κ1) is 19.1. The lowest BCUT2D eigenvalue weighted by Crippen LogP contribution is -2.34. The normalized spacial score (nSPS) is 15.4. The maximum atomic E-state index is 12.3. The van der Waals surface area contributed by atoms with Crippen LogP contribution in [-0.4, -0.2) is 34.4 Å². The first-order chi connectivity index (χ1) is 13.9. The summed E-state index contributed by atoms with van der Waals surface area (Å²) in [5.74, 6) is 0.982. The lowest BCUT2D eigenvalue weighted by Gasteiger charge is -2.23. The molecular formula is C20H21N5O3S. The number of anilines is 3. The SMILES string of the molecule is Cc1sc2ncnc(NCCC(=O)Nc3ccc4c(c3)NC(=O)[C@H](C)O4)c2c1C. The fourth-order valence-corrected chi connectivity index (χ4v) is 4.12. The molecule has 9 heteroatoms. The van der Waals surface area contributed by atoms with Crippen molar-refractivity contribution in [3.05, 3.63) is 35.0 Å². The van der Waals surface area contributed by atoms with Crippen LogP contribution < -0.4 is 20.7 Å². The molecule has 2 amide bonds. The topological polar surface area (TPSA) is 105 Å². The van der Waals surface area contributed by atoms with Crippen LogP contribution in [0.4, 0.5) is 17.2 Å². The Morgan fingerprint density at radius 1 is 1.31 bits per heavy atom. The quantitative estimate of drug-likeness (QED) is 0.594. The summed E-state index contributed by atoms with van der Waals surface area (Å²) in [5, 5.41) is 9.86. The largest absolute Gasteiger partial charge is 0.479 e. The van der Waals surface area contributed by atoms with Crippen molar-refractivity contribution in [2.45, 2.75) is 33.3 Å². The van der Waals surface area contributed by atoms with E-state index < -0.39 is 6.10 Å². The number of hydrogen-bond donors (Lipinski definition) is 3. The van der Waals surface area contributed by atoms with Gasteiger partial charge in [0.25, 0.3) is 5.91 Å². The highest BCUT2D eigenvalue weighted by Gasteiger charge is 2.23. The summed E-state index contributed by atoms with van der Waals surface area (Å²) in [4.78, 5) is 34.8. The van der Waals surface area contributed by atoms with Crippen molar-refractivity contribution < 1.29 is 14.3 Å². The van der Waals surface area contributed by atoms with E-state index in [1.165, 1.54) is 11.2 Å². The van der Waals surface area contributed by atoms with Gasteiger partial charge in [0, 0.05) is 23.5 Å². The molecule has 3 aromatic rings. The second-order valence-corrected chi connectivity index (χ2v) is 8.07. The second kappa shape index (κ2) is 7.67. The molecule has 1 atom stereocenters. The van der Waals surface area contributed by atoms with Crippen LogP contribution in [-0.2, 0) is 9.59 Å². The first-order valence-electron chi connectivity index (χ1n) is 9.28. The molecule has 3 heterocycles. The van der Waals surface area contributed by atoms with Crippen LogP contribution in [0, 0.1) is 13.8 Å². The van der Waals surface area contributed by atoms with Gasteiger partial charge in [-0.25, -0.2) is 9.97 Å². The third kappa shape index (κ3) is 3.86. The van der Waals surface area contributed by atoms with Crippen LogP contribution >= 0.6 is 11.3 Å². The molecule has 0 saturated carbocycles. The summed E-state index contributed by atoms with van der Waals surface area (Å²) in [6.07, 6.45) is 1.27. The van der Waals surface area contributed by atoms with Crippen molar-refractivity contribution in [1.82, 2.24) is 9.97 Å². The zero-order valence-corrected chi connectivity index (χ0v) is 17.1. The van der Waals surface area contributed by atoms with Crippen molar-refractivity contribution in [2.24, 2.45) is 0 Å². The molecule has 0 radical (unpaired) electrons. The molecule has 1 aromatic carbocycles. The Morgan fingerprint density at radius 3 is 2.97 bits per heavy atom. The molecule has 0 fully saturated rings. The van der Waals surface area contributed by atoms with Crippen molar-refractivity contribution in [2.75, 3.05) is 22.5 Å². The number of benzene rings is 1. The third-order valence-corrected chi connectivity index (χ3v) is 5.92. The van der Waals surface area contributed by atoms with Gasteiger partial charge in [-0.3, -0.25) is 9.59 Å². The van der Waals surface area contributed by atoms with E-state index >= 15 is 0 Å². The number of aryl methyl sites for hydroxylation is 2. The molecule has 1 aliphatic heterocycles. The van der Waals surface area contributed by atoms with E-state index in [0.717, 1.165) is 21.6 Å². The second-order valence-electron chi connectivity index (χ2n) is 6.87. The Hall–Kier alpha value is -3.20. The highest BCUT2D eigenvalue weighted by molar-refractivity contribution is 7.18. The summed E-state index contributed by atoms with van der Waals surface area (Å²) in [7, 11) is 0. The zero-order valence-electron chi connectivity index (χ0n) is 16.3. The monoisotopic (exact) mass is 411 g/mol. The predicted octanol–water partition coefficient (Wildman–Crippen LogP) is 3.47. The van der Waals surface area contributed by atoms with Crippen molar-refractivity contribution >= 4 is 50.6 Å². The lowest BCUT2D eigenvalue weighted by atomic mass is 10.2. The average molecular weight is 411 g/mol. The number of rotatable bonds is 5. The summed E-state index contributed by atoms with van der Waals surface area (Å²) in [6.45, 7) is 6.24. The molecule has 1 aliphatic rings. The molecular weight excluding hydrogens is 390 g/mol. The van der Waals surface area contributed by atoms with Crippen molar-refractivity contribution in [3.8, 4) is 5.75 Å². The van der Waals surface area contributed by atoms with E-state index in [-0.39, 0.29) is 18.2 Å². The minimum absolute atomic E-state index is 0.141. The third-order valence-electron chi connectivity index (χ3n) is 4.80. The number of fused-ring (bicyclic) bond motifs is 2. The maximum Gasteiger partial charge on any atom is 0.265 e. The van der Waals surface area contributed by atoms with Gasteiger partial charge >= 0.3 is 0 Å². The molecule has 29 heavy (non-hydrogen) atoms. The minimum Gasteiger partial charge on any atom is -0.479 e. The molecule has 0 aliphatic carbocycles. The van der Waals surface area contributed by atoms with Crippen LogP contribution in [0.3, 0.4) is 0 Å². The van der Waals surface area contributed by atoms with Gasteiger partial charge in [0.05, 0.1) is 11.1 Å². The number of aromatic nitrogens is 2. The number of nitrogens with zero attached hydrogens (tertiary/aromatic N) is 2. The average Bonchev–Trinajstić information content (AvgIpc) is 2.98. The fourth-order valence-electron chi connectivity index (χ4n) is 3.12. The van der Waals surface area contributed by atoms with Crippen molar-refractivity contribution in [1.29, 1.82) is 0 Å². The summed E-state index contributed by atoms with van der Waals surface area (Å²) in [6, 6.07) is 5.17. The number of thiophene rings is 1. The molecule has 0 spiro atoms. The summed E-state index contributed by atoms with van der Waals surface area (Å²) >= 11 is 1.64. The Morgan fingerprint density at radius 2 is 2.14 bits per heavy atom. The standard InChI is InChI=1S/C20H21N5O3S/c1-10-12(3)29-20-17(10)18(22-9-23-20)21-7-6-16(26)24-13-4-5-15-14(8-13)25-19(27)11(2)28-15/h4-5,8-9,11H,6-7H2,1-3H3,(H,24,26)(H,25,27)(H,21,22,23)/t11-/m0/s1.